The number of rotatable bonds is 3. The van der Waals surface area contributed by atoms with Crippen molar-refractivity contribution in [2.24, 2.45) is 0 Å². The highest BCUT2D eigenvalue weighted by Crippen LogP contribution is 2.27. The summed E-state index contributed by atoms with van der Waals surface area (Å²) in [5, 5.41) is 3.57. The van der Waals surface area contributed by atoms with Gasteiger partial charge >= 0.3 is 0 Å². The zero-order chi connectivity index (χ0) is 17.3. The topological polar surface area (TPSA) is 42.2 Å². The van der Waals surface area contributed by atoms with Gasteiger partial charge in [0.25, 0.3) is 5.91 Å². The molecule has 0 fully saturated rings. The highest BCUT2D eigenvalue weighted by molar-refractivity contribution is 6.31. The van der Waals surface area contributed by atoms with Gasteiger partial charge in [0.2, 0.25) is 0 Å². The second kappa shape index (κ2) is 6.54. The Morgan fingerprint density at radius 1 is 1.00 bits per heavy atom. The number of aryl methyl sites for hydroxylation is 2. The molecular formula is C20H18ClNO2. The summed E-state index contributed by atoms with van der Waals surface area (Å²) in [6.07, 6.45) is 0. The van der Waals surface area contributed by atoms with Crippen molar-refractivity contribution < 1.29 is 9.21 Å². The van der Waals surface area contributed by atoms with Gasteiger partial charge in [-0.1, -0.05) is 35.9 Å². The normalized spacial score (nSPS) is 10.7. The Kier molecular flexibility index (Phi) is 4.45. The van der Waals surface area contributed by atoms with E-state index in [4.69, 9.17) is 16.0 Å². The fourth-order valence-electron chi connectivity index (χ4n) is 2.43. The average Bonchev–Trinajstić information content (AvgIpc) is 3.04. The number of hydrogen-bond donors (Lipinski definition) is 1. The number of carbonyl (C=O) groups excluding carboxylic acids is 1. The molecule has 3 nitrogen and oxygen atoms in total. The minimum absolute atomic E-state index is 0.266. The van der Waals surface area contributed by atoms with Crippen LogP contribution in [0.2, 0.25) is 5.02 Å². The lowest BCUT2D eigenvalue weighted by molar-refractivity contribution is 0.0997. The van der Waals surface area contributed by atoms with E-state index in [1.165, 1.54) is 0 Å². The molecule has 3 aromatic rings. The molecule has 0 radical (unpaired) electrons. The molecule has 4 heteroatoms. The fraction of sp³-hybridized carbons (Fsp3) is 0.150. The molecule has 0 aliphatic heterocycles. The molecule has 122 valence electrons. The molecule has 0 aliphatic rings. The van der Waals surface area contributed by atoms with Crippen LogP contribution in [-0.4, -0.2) is 5.91 Å². The van der Waals surface area contributed by atoms with Crippen LogP contribution in [0, 0.1) is 20.8 Å². The summed E-state index contributed by atoms with van der Waals surface area (Å²) in [5.41, 5.74) is 4.80. The molecule has 1 heterocycles. The Morgan fingerprint density at radius 2 is 1.79 bits per heavy atom. The fourth-order valence-corrected chi connectivity index (χ4v) is 2.61. The summed E-state index contributed by atoms with van der Waals surface area (Å²) in [5.74, 6) is 0.610. The number of halogens is 1. The Labute approximate surface area is 146 Å². The van der Waals surface area contributed by atoms with Gasteiger partial charge in [0.15, 0.2) is 5.76 Å². The SMILES string of the molecule is Cc1ccc(-c2ccc(C(=O)Nc3cccc(C)c3C)o2)cc1Cl. The van der Waals surface area contributed by atoms with Crippen LogP contribution in [0.4, 0.5) is 5.69 Å². The van der Waals surface area contributed by atoms with E-state index in [1.54, 1.807) is 12.1 Å². The largest absolute Gasteiger partial charge is 0.451 e. The third-order valence-electron chi connectivity index (χ3n) is 4.14. The van der Waals surface area contributed by atoms with E-state index in [-0.39, 0.29) is 11.7 Å². The molecule has 0 saturated heterocycles. The second-order valence-corrected chi connectivity index (χ2v) is 6.24. The Hall–Kier alpha value is -2.52. The lowest BCUT2D eigenvalue weighted by atomic mass is 10.1. The molecule has 0 atom stereocenters. The number of anilines is 1. The number of benzene rings is 2. The van der Waals surface area contributed by atoms with E-state index in [9.17, 15) is 4.79 Å². The van der Waals surface area contributed by atoms with Crippen LogP contribution in [0.25, 0.3) is 11.3 Å². The van der Waals surface area contributed by atoms with Crippen molar-refractivity contribution in [3.05, 3.63) is 76.0 Å². The summed E-state index contributed by atoms with van der Waals surface area (Å²) in [7, 11) is 0. The van der Waals surface area contributed by atoms with E-state index >= 15 is 0 Å². The highest BCUT2D eigenvalue weighted by atomic mass is 35.5. The van der Waals surface area contributed by atoms with E-state index in [0.29, 0.717) is 10.8 Å². The maximum absolute atomic E-state index is 12.4. The van der Waals surface area contributed by atoms with Crippen molar-refractivity contribution >= 4 is 23.2 Å². The molecule has 3 rings (SSSR count). The van der Waals surface area contributed by atoms with Crippen LogP contribution in [0.1, 0.15) is 27.2 Å². The molecule has 1 aromatic heterocycles. The molecule has 1 N–H and O–H groups in total. The van der Waals surface area contributed by atoms with Gasteiger partial charge in [-0.25, -0.2) is 0 Å². The number of amides is 1. The summed E-state index contributed by atoms with van der Waals surface area (Å²) in [4.78, 5) is 12.4. The van der Waals surface area contributed by atoms with Gasteiger partial charge in [0, 0.05) is 16.3 Å². The predicted octanol–water partition coefficient (Wildman–Crippen LogP) is 5.78. The zero-order valence-corrected chi connectivity index (χ0v) is 14.6. The van der Waals surface area contributed by atoms with Crippen LogP contribution in [0.15, 0.2) is 52.9 Å². The highest BCUT2D eigenvalue weighted by Gasteiger charge is 2.14. The number of nitrogens with one attached hydrogen (secondary N) is 1. The van der Waals surface area contributed by atoms with Gasteiger partial charge in [-0.2, -0.15) is 0 Å². The van der Waals surface area contributed by atoms with Crippen LogP contribution >= 0.6 is 11.6 Å². The van der Waals surface area contributed by atoms with Gasteiger partial charge in [0.1, 0.15) is 5.76 Å². The molecule has 1 amide bonds. The molecule has 0 aliphatic carbocycles. The van der Waals surface area contributed by atoms with E-state index in [1.807, 2.05) is 57.2 Å². The number of hydrogen-bond acceptors (Lipinski definition) is 2. The molecule has 0 saturated carbocycles. The minimum Gasteiger partial charge on any atom is -0.451 e. The van der Waals surface area contributed by atoms with E-state index < -0.39 is 0 Å². The first-order chi connectivity index (χ1) is 11.5. The summed E-state index contributed by atoms with van der Waals surface area (Å²) in [6.45, 7) is 5.93. The maximum Gasteiger partial charge on any atom is 0.291 e. The molecule has 0 unspecified atom stereocenters. The quantitative estimate of drug-likeness (QED) is 0.657. The van der Waals surface area contributed by atoms with Crippen molar-refractivity contribution in [3.63, 3.8) is 0 Å². The average molecular weight is 340 g/mol. The first-order valence-corrected chi connectivity index (χ1v) is 8.07. The van der Waals surface area contributed by atoms with Crippen molar-refractivity contribution in [1.29, 1.82) is 0 Å². The van der Waals surface area contributed by atoms with Gasteiger partial charge in [-0.15, -0.1) is 0 Å². The second-order valence-electron chi connectivity index (χ2n) is 5.83. The van der Waals surface area contributed by atoms with Crippen LogP contribution < -0.4 is 5.32 Å². The maximum atomic E-state index is 12.4. The predicted molar refractivity (Wildman–Crippen MR) is 97.8 cm³/mol. The van der Waals surface area contributed by atoms with Crippen molar-refractivity contribution in [3.8, 4) is 11.3 Å². The summed E-state index contributed by atoms with van der Waals surface area (Å²) < 4.78 is 5.70. The van der Waals surface area contributed by atoms with Crippen molar-refractivity contribution in [2.75, 3.05) is 5.32 Å². The van der Waals surface area contributed by atoms with E-state index in [0.717, 1.165) is 27.9 Å². The standard InChI is InChI=1S/C20H18ClNO2/c1-12-5-4-6-17(14(12)3)22-20(23)19-10-9-18(24-19)15-8-7-13(2)16(21)11-15/h4-11H,1-3H3,(H,22,23). The monoisotopic (exact) mass is 339 g/mol. The van der Waals surface area contributed by atoms with Crippen molar-refractivity contribution in [2.45, 2.75) is 20.8 Å². The summed E-state index contributed by atoms with van der Waals surface area (Å²) in [6, 6.07) is 14.9. The Balaban J connectivity index is 1.83. The van der Waals surface area contributed by atoms with Gasteiger partial charge in [-0.05, 0) is 61.7 Å². The van der Waals surface area contributed by atoms with E-state index in [2.05, 4.69) is 5.32 Å². The molecule has 24 heavy (non-hydrogen) atoms. The zero-order valence-electron chi connectivity index (χ0n) is 13.8. The van der Waals surface area contributed by atoms with Gasteiger partial charge in [0.05, 0.1) is 0 Å². The Morgan fingerprint density at radius 3 is 2.54 bits per heavy atom. The van der Waals surface area contributed by atoms with Gasteiger partial charge in [-0.3, -0.25) is 4.79 Å². The van der Waals surface area contributed by atoms with Crippen LogP contribution in [0.5, 0.6) is 0 Å². The molecular weight excluding hydrogens is 322 g/mol. The van der Waals surface area contributed by atoms with Gasteiger partial charge < -0.3 is 9.73 Å². The third-order valence-corrected chi connectivity index (χ3v) is 4.55. The smallest absolute Gasteiger partial charge is 0.291 e. The lowest BCUT2D eigenvalue weighted by Gasteiger charge is -2.09. The lowest BCUT2D eigenvalue weighted by Crippen LogP contribution is -2.12. The van der Waals surface area contributed by atoms with Crippen LogP contribution in [0.3, 0.4) is 0 Å². The molecule has 2 aromatic carbocycles. The van der Waals surface area contributed by atoms with Crippen LogP contribution in [-0.2, 0) is 0 Å². The molecule has 0 bridgehead atoms. The number of furan rings is 1. The molecule has 0 spiro atoms. The first kappa shape index (κ1) is 16.3. The Bertz CT molecular complexity index is 912. The minimum atomic E-state index is -0.270. The third kappa shape index (κ3) is 3.22. The van der Waals surface area contributed by atoms with Crippen molar-refractivity contribution in [1.82, 2.24) is 0 Å². The summed E-state index contributed by atoms with van der Waals surface area (Å²) >= 11 is 6.15. The first-order valence-electron chi connectivity index (χ1n) is 7.69. The number of carbonyl (C=O) groups is 1.